The summed E-state index contributed by atoms with van der Waals surface area (Å²) in [5, 5.41) is 0. The number of hydrogen-bond acceptors (Lipinski definition) is 3. The summed E-state index contributed by atoms with van der Waals surface area (Å²) in [4.78, 5) is 11.5. The predicted octanol–water partition coefficient (Wildman–Crippen LogP) is 1.71. The first-order valence-electron chi connectivity index (χ1n) is 4.43. The van der Waals surface area contributed by atoms with Gasteiger partial charge >= 0.3 is 0 Å². The summed E-state index contributed by atoms with van der Waals surface area (Å²) in [7, 11) is 0. The predicted molar refractivity (Wildman–Crippen MR) is 54.7 cm³/mol. The van der Waals surface area contributed by atoms with Crippen molar-refractivity contribution in [3.05, 3.63) is 47.9 Å². The zero-order valence-corrected chi connectivity index (χ0v) is 8.07. The molecule has 0 fully saturated rings. The molecule has 0 heterocycles. The third-order valence-electron chi connectivity index (χ3n) is 1.64. The van der Waals surface area contributed by atoms with E-state index in [1.807, 2.05) is 13.0 Å². The fraction of sp³-hybridized carbons (Fsp3) is 0.182. The fourth-order valence-corrected chi connectivity index (χ4v) is 1.02. The number of ketones is 1. The molecule has 3 nitrogen and oxygen atoms in total. The molecule has 0 spiro atoms. The third kappa shape index (κ3) is 2.94. The highest BCUT2D eigenvalue weighted by molar-refractivity contribution is 6.04. The normalized spacial score (nSPS) is 11.1. The second-order valence-corrected chi connectivity index (χ2v) is 2.71. The zero-order chi connectivity index (χ0) is 10.4. The second-order valence-electron chi connectivity index (χ2n) is 2.71. The highest BCUT2D eigenvalue weighted by Crippen LogP contribution is 2.02. The van der Waals surface area contributed by atoms with Crippen LogP contribution in [0.25, 0.3) is 0 Å². The van der Waals surface area contributed by atoms with Gasteiger partial charge in [-0.2, -0.15) is 0 Å². The number of carbonyl (C=O) groups is 1. The third-order valence-corrected chi connectivity index (χ3v) is 1.64. The van der Waals surface area contributed by atoms with Crippen molar-refractivity contribution in [3.8, 4) is 0 Å². The molecule has 0 saturated carbocycles. The summed E-state index contributed by atoms with van der Waals surface area (Å²) < 4.78 is 4.95. The Balaban J connectivity index is 2.72. The van der Waals surface area contributed by atoms with Gasteiger partial charge in [-0.3, -0.25) is 4.79 Å². The molecular formula is C11H13NO2. The van der Waals surface area contributed by atoms with Crippen LogP contribution in [0, 0.1) is 0 Å². The molecule has 74 valence electrons. The Bertz CT molecular complexity index is 330. The minimum Gasteiger partial charge on any atom is -0.480 e. The molecule has 2 N–H and O–H groups in total. The van der Waals surface area contributed by atoms with Gasteiger partial charge in [-0.1, -0.05) is 30.3 Å². The number of carbonyl (C=O) groups excluding carboxylic acids is 1. The number of hydrogen-bond donors (Lipinski definition) is 1. The van der Waals surface area contributed by atoms with Crippen molar-refractivity contribution in [1.82, 2.24) is 0 Å². The maximum Gasteiger partial charge on any atom is 0.191 e. The van der Waals surface area contributed by atoms with Gasteiger partial charge in [-0.05, 0) is 6.92 Å². The molecule has 0 bridgehead atoms. The molecular weight excluding hydrogens is 178 g/mol. The SMILES string of the molecule is CCOC(N)=CC(=O)c1ccccc1. The molecule has 14 heavy (non-hydrogen) atoms. The first-order chi connectivity index (χ1) is 6.74. The van der Waals surface area contributed by atoms with E-state index < -0.39 is 0 Å². The van der Waals surface area contributed by atoms with Gasteiger partial charge in [-0.25, -0.2) is 0 Å². The summed E-state index contributed by atoms with van der Waals surface area (Å²) in [6.45, 7) is 2.28. The van der Waals surface area contributed by atoms with Gasteiger partial charge in [0.05, 0.1) is 6.61 Å². The smallest absolute Gasteiger partial charge is 0.191 e. The molecule has 0 unspecified atom stereocenters. The standard InChI is InChI=1S/C11H13NO2/c1-2-14-11(12)8-10(13)9-6-4-3-5-7-9/h3-8H,2,12H2,1H3. The molecule has 0 atom stereocenters. The maximum absolute atomic E-state index is 11.5. The van der Waals surface area contributed by atoms with Crippen molar-refractivity contribution in [2.45, 2.75) is 6.92 Å². The van der Waals surface area contributed by atoms with Crippen molar-refractivity contribution in [2.75, 3.05) is 6.61 Å². The van der Waals surface area contributed by atoms with Crippen molar-refractivity contribution in [3.63, 3.8) is 0 Å². The van der Waals surface area contributed by atoms with E-state index in [9.17, 15) is 4.79 Å². The Morgan fingerprint density at radius 3 is 2.64 bits per heavy atom. The van der Waals surface area contributed by atoms with Crippen LogP contribution in [0.5, 0.6) is 0 Å². The number of nitrogens with two attached hydrogens (primary N) is 1. The summed E-state index contributed by atoms with van der Waals surface area (Å²) in [6, 6.07) is 8.93. The number of allylic oxidation sites excluding steroid dienone is 1. The van der Waals surface area contributed by atoms with Crippen LogP contribution in [0.1, 0.15) is 17.3 Å². The van der Waals surface area contributed by atoms with Gasteiger partial charge in [0.25, 0.3) is 0 Å². The Morgan fingerprint density at radius 1 is 1.43 bits per heavy atom. The maximum atomic E-state index is 11.5. The van der Waals surface area contributed by atoms with Crippen molar-refractivity contribution in [1.29, 1.82) is 0 Å². The fourth-order valence-electron chi connectivity index (χ4n) is 1.02. The molecule has 3 heteroatoms. The van der Waals surface area contributed by atoms with E-state index in [1.165, 1.54) is 6.08 Å². The second kappa shape index (κ2) is 5.07. The minimum atomic E-state index is -0.142. The first-order valence-corrected chi connectivity index (χ1v) is 4.43. The van der Waals surface area contributed by atoms with Gasteiger partial charge in [0.15, 0.2) is 11.7 Å². The van der Waals surface area contributed by atoms with Gasteiger partial charge < -0.3 is 10.5 Å². The molecule has 0 amide bonds. The molecule has 0 aromatic heterocycles. The molecule has 1 aromatic rings. The Morgan fingerprint density at radius 2 is 2.07 bits per heavy atom. The topological polar surface area (TPSA) is 52.3 Å². The average molecular weight is 191 g/mol. The van der Waals surface area contributed by atoms with Crippen LogP contribution in [-0.2, 0) is 4.74 Å². The van der Waals surface area contributed by atoms with Crippen LogP contribution >= 0.6 is 0 Å². The van der Waals surface area contributed by atoms with Crippen molar-refractivity contribution in [2.24, 2.45) is 5.73 Å². The van der Waals surface area contributed by atoms with Gasteiger partial charge in [0, 0.05) is 11.6 Å². The van der Waals surface area contributed by atoms with E-state index in [1.54, 1.807) is 24.3 Å². The first kappa shape index (κ1) is 10.3. The largest absolute Gasteiger partial charge is 0.480 e. The summed E-state index contributed by atoms with van der Waals surface area (Å²) >= 11 is 0. The molecule has 0 aliphatic rings. The van der Waals surface area contributed by atoms with Crippen LogP contribution in [0.4, 0.5) is 0 Å². The lowest BCUT2D eigenvalue weighted by Crippen LogP contribution is -2.06. The molecule has 0 radical (unpaired) electrons. The minimum absolute atomic E-state index is 0.142. The lowest BCUT2D eigenvalue weighted by atomic mass is 10.1. The lowest BCUT2D eigenvalue weighted by Gasteiger charge is -2.01. The van der Waals surface area contributed by atoms with E-state index >= 15 is 0 Å². The number of benzene rings is 1. The van der Waals surface area contributed by atoms with Crippen LogP contribution in [0.2, 0.25) is 0 Å². The number of rotatable bonds is 4. The number of ether oxygens (including phenoxy) is 1. The van der Waals surface area contributed by atoms with E-state index in [0.717, 1.165) is 0 Å². The summed E-state index contributed by atoms with van der Waals surface area (Å²) in [6.07, 6.45) is 1.29. The van der Waals surface area contributed by atoms with Gasteiger partial charge in [0.2, 0.25) is 0 Å². The molecule has 0 aliphatic heterocycles. The quantitative estimate of drug-likeness (QED) is 0.447. The Kier molecular flexibility index (Phi) is 3.73. The van der Waals surface area contributed by atoms with Crippen molar-refractivity contribution >= 4 is 5.78 Å². The Hall–Kier alpha value is -1.77. The van der Waals surface area contributed by atoms with Crippen LogP contribution in [0.15, 0.2) is 42.3 Å². The highest BCUT2D eigenvalue weighted by Gasteiger charge is 2.02. The molecule has 1 aromatic carbocycles. The van der Waals surface area contributed by atoms with Gasteiger partial charge in [0.1, 0.15) is 0 Å². The van der Waals surface area contributed by atoms with E-state index in [-0.39, 0.29) is 11.7 Å². The average Bonchev–Trinajstić information content (AvgIpc) is 2.19. The molecule has 1 rings (SSSR count). The van der Waals surface area contributed by atoms with E-state index in [4.69, 9.17) is 10.5 Å². The monoisotopic (exact) mass is 191 g/mol. The van der Waals surface area contributed by atoms with Gasteiger partial charge in [-0.15, -0.1) is 0 Å². The summed E-state index contributed by atoms with van der Waals surface area (Å²) in [5.74, 6) is 0.0119. The lowest BCUT2D eigenvalue weighted by molar-refractivity contribution is 0.103. The molecule has 0 aliphatic carbocycles. The van der Waals surface area contributed by atoms with Crippen LogP contribution < -0.4 is 5.73 Å². The molecule has 0 saturated heterocycles. The van der Waals surface area contributed by atoms with Crippen LogP contribution in [0.3, 0.4) is 0 Å². The Labute approximate surface area is 83.2 Å². The van der Waals surface area contributed by atoms with Crippen molar-refractivity contribution < 1.29 is 9.53 Å². The van der Waals surface area contributed by atoms with E-state index in [0.29, 0.717) is 12.2 Å². The zero-order valence-electron chi connectivity index (χ0n) is 8.07. The summed E-state index contributed by atoms with van der Waals surface area (Å²) in [5.41, 5.74) is 6.05. The van der Waals surface area contributed by atoms with E-state index in [2.05, 4.69) is 0 Å². The highest BCUT2D eigenvalue weighted by atomic mass is 16.5. The van der Waals surface area contributed by atoms with Crippen LogP contribution in [-0.4, -0.2) is 12.4 Å².